The molecule has 0 saturated heterocycles. The molecule has 0 atom stereocenters. The number of Topliss-reactive ketones (excluding diaryl/α,β-unsaturated/α-hetero) is 1. The van der Waals surface area contributed by atoms with Crippen LogP contribution in [-0.4, -0.2) is 5.78 Å². The monoisotopic (exact) mass is 332 g/mol. The highest BCUT2D eigenvalue weighted by Gasteiger charge is 2.15. The summed E-state index contributed by atoms with van der Waals surface area (Å²) in [5.74, 6) is 0.257. The average molecular weight is 334 g/mol. The molecule has 2 heterocycles. The standard InChI is InChI=1S/C10H6Br2O3/c11-7-1-2-14-10(7)8(13)3-6-4-9(12)15-5-6/h1-2,4-5H,3H2. The summed E-state index contributed by atoms with van der Waals surface area (Å²) in [5.41, 5.74) is 0.815. The molecule has 0 N–H and O–H groups in total. The molecule has 0 radical (unpaired) electrons. The molecular formula is C10H6Br2O3. The Hall–Kier alpha value is -0.810. The number of carbonyl (C=O) groups excluding carboxylic acids is 1. The number of hydrogen-bond acceptors (Lipinski definition) is 3. The summed E-state index contributed by atoms with van der Waals surface area (Å²) in [7, 11) is 0. The second-order valence-corrected chi connectivity index (χ2v) is 4.59. The first-order valence-electron chi connectivity index (χ1n) is 4.16. The van der Waals surface area contributed by atoms with Crippen molar-refractivity contribution in [2.45, 2.75) is 6.42 Å². The Kier molecular flexibility index (Phi) is 3.11. The first-order chi connectivity index (χ1) is 7.16. The normalized spacial score (nSPS) is 10.5. The van der Waals surface area contributed by atoms with Gasteiger partial charge in [0, 0.05) is 6.42 Å². The zero-order valence-electron chi connectivity index (χ0n) is 7.50. The van der Waals surface area contributed by atoms with Crippen molar-refractivity contribution in [2.75, 3.05) is 0 Å². The van der Waals surface area contributed by atoms with Crippen molar-refractivity contribution < 1.29 is 13.6 Å². The van der Waals surface area contributed by atoms with Gasteiger partial charge in [0.05, 0.1) is 17.0 Å². The Morgan fingerprint density at radius 2 is 2.13 bits per heavy atom. The SMILES string of the molecule is O=C(Cc1coc(Br)c1)c1occc1Br. The zero-order chi connectivity index (χ0) is 10.8. The molecule has 0 amide bonds. The van der Waals surface area contributed by atoms with Gasteiger partial charge in [0.15, 0.2) is 10.4 Å². The molecule has 0 aliphatic carbocycles. The van der Waals surface area contributed by atoms with E-state index in [4.69, 9.17) is 8.83 Å². The third kappa shape index (κ3) is 2.41. The van der Waals surface area contributed by atoms with Crippen LogP contribution in [0.25, 0.3) is 0 Å². The van der Waals surface area contributed by atoms with Gasteiger partial charge in [-0.05, 0) is 49.6 Å². The lowest BCUT2D eigenvalue weighted by Gasteiger charge is -1.94. The quantitative estimate of drug-likeness (QED) is 0.802. The highest BCUT2D eigenvalue weighted by Crippen LogP contribution is 2.21. The Morgan fingerprint density at radius 3 is 2.67 bits per heavy atom. The lowest BCUT2D eigenvalue weighted by molar-refractivity contribution is 0.0965. The van der Waals surface area contributed by atoms with E-state index in [9.17, 15) is 4.79 Å². The van der Waals surface area contributed by atoms with E-state index >= 15 is 0 Å². The van der Waals surface area contributed by atoms with Crippen molar-refractivity contribution in [3.63, 3.8) is 0 Å². The lowest BCUT2D eigenvalue weighted by atomic mass is 10.1. The second-order valence-electron chi connectivity index (χ2n) is 2.96. The van der Waals surface area contributed by atoms with Gasteiger partial charge in [0.2, 0.25) is 5.78 Å². The summed E-state index contributed by atoms with van der Waals surface area (Å²) < 4.78 is 11.4. The van der Waals surface area contributed by atoms with Gasteiger partial charge in [-0.2, -0.15) is 0 Å². The van der Waals surface area contributed by atoms with Crippen molar-refractivity contribution in [3.8, 4) is 0 Å². The predicted molar refractivity (Wildman–Crippen MR) is 60.9 cm³/mol. The first-order valence-corrected chi connectivity index (χ1v) is 5.74. The Balaban J connectivity index is 2.14. The second kappa shape index (κ2) is 4.37. The fraction of sp³-hybridized carbons (Fsp3) is 0.100. The van der Waals surface area contributed by atoms with Crippen molar-refractivity contribution in [1.82, 2.24) is 0 Å². The van der Waals surface area contributed by atoms with E-state index in [2.05, 4.69) is 31.9 Å². The molecule has 0 unspecified atom stereocenters. The first kappa shape index (κ1) is 10.7. The number of halogens is 2. The van der Waals surface area contributed by atoms with Gasteiger partial charge in [0.1, 0.15) is 0 Å². The third-order valence-corrected chi connectivity index (χ3v) is 2.90. The molecule has 3 nitrogen and oxygen atoms in total. The highest BCUT2D eigenvalue weighted by atomic mass is 79.9. The summed E-state index contributed by atoms with van der Waals surface area (Å²) in [6, 6.07) is 3.45. The van der Waals surface area contributed by atoms with E-state index in [0.29, 0.717) is 14.9 Å². The fourth-order valence-corrected chi connectivity index (χ4v) is 2.01. The van der Waals surface area contributed by atoms with Crippen LogP contribution in [0.2, 0.25) is 0 Å². The minimum absolute atomic E-state index is 0.0832. The van der Waals surface area contributed by atoms with E-state index in [1.165, 1.54) is 6.26 Å². The van der Waals surface area contributed by atoms with Crippen LogP contribution in [0.15, 0.2) is 42.6 Å². The van der Waals surface area contributed by atoms with Gasteiger partial charge in [-0.15, -0.1) is 0 Å². The lowest BCUT2D eigenvalue weighted by Crippen LogP contribution is -2.01. The number of furan rings is 2. The number of rotatable bonds is 3. The summed E-state index contributed by atoms with van der Waals surface area (Å²) in [6.07, 6.45) is 3.28. The minimum atomic E-state index is -0.0832. The van der Waals surface area contributed by atoms with Crippen LogP contribution in [0.1, 0.15) is 16.1 Å². The van der Waals surface area contributed by atoms with Crippen molar-refractivity contribution in [3.05, 3.63) is 45.1 Å². The molecule has 0 aliphatic rings. The number of carbonyl (C=O) groups is 1. The van der Waals surface area contributed by atoms with Gasteiger partial charge in [0.25, 0.3) is 0 Å². The van der Waals surface area contributed by atoms with E-state index in [1.54, 1.807) is 18.4 Å². The van der Waals surface area contributed by atoms with Gasteiger partial charge in [-0.1, -0.05) is 0 Å². The average Bonchev–Trinajstić information content (AvgIpc) is 2.75. The molecule has 2 rings (SSSR count). The van der Waals surface area contributed by atoms with E-state index in [-0.39, 0.29) is 12.2 Å². The Morgan fingerprint density at radius 1 is 1.33 bits per heavy atom. The Bertz CT molecular complexity index is 484. The van der Waals surface area contributed by atoms with E-state index in [0.717, 1.165) is 5.56 Å². The highest BCUT2D eigenvalue weighted by molar-refractivity contribution is 9.10. The molecule has 0 bridgehead atoms. The molecule has 0 aromatic carbocycles. The zero-order valence-corrected chi connectivity index (χ0v) is 10.7. The molecule has 78 valence electrons. The predicted octanol–water partition coefficient (Wildman–Crippen LogP) is 3.82. The number of ketones is 1. The molecule has 0 spiro atoms. The smallest absolute Gasteiger partial charge is 0.203 e. The molecule has 0 aliphatic heterocycles. The topological polar surface area (TPSA) is 43.4 Å². The van der Waals surface area contributed by atoms with E-state index in [1.807, 2.05) is 0 Å². The summed E-state index contributed by atoms with van der Waals surface area (Å²) in [6.45, 7) is 0. The maximum absolute atomic E-state index is 11.7. The van der Waals surface area contributed by atoms with Crippen LogP contribution >= 0.6 is 31.9 Å². The third-order valence-electron chi connectivity index (χ3n) is 1.86. The summed E-state index contributed by atoms with van der Waals surface area (Å²) >= 11 is 6.41. The largest absolute Gasteiger partial charge is 0.460 e. The van der Waals surface area contributed by atoms with Crippen LogP contribution in [0.5, 0.6) is 0 Å². The molecular weight excluding hydrogens is 328 g/mol. The molecule has 0 saturated carbocycles. The molecule has 2 aromatic heterocycles. The number of hydrogen-bond donors (Lipinski definition) is 0. The molecule has 5 heteroatoms. The summed E-state index contributed by atoms with van der Waals surface area (Å²) in [5, 5.41) is 0. The van der Waals surface area contributed by atoms with Crippen LogP contribution < -0.4 is 0 Å². The molecule has 2 aromatic rings. The van der Waals surface area contributed by atoms with Crippen LogP contribution in [0, 0.1) is 0 Å². The molecule has 15 heavy (non-hydrogen) atoms. The summed E-state index contributed by atoms with van der Waals surface area (Å²) in [4.78, 5) is 11.7. The maximum atomic E-state index is 11.7. The van der Waals surface area contributed by atoms with Gasteiger partial charge in [-0.25, -0.2) is 0 Å². The van der Waals surface area contributed by atoms with Gasteiger partial charge >= 0.3 is 0 Å². The van der Waals surface area contributed by atoms with Crippen LogP contribution in [-0.2, 0) is 6.42 Å². The Labute approximate surface area is 103 Å². The van der Waals surface area contributed by atoms with Crippen LogP contribution in [0.4, 0.5) is 0 Å². The fourth-order valence-electron chi connectivity index (χ4n) is 1.20. The van der Waals surface area contributed by atoms with Crippen molar-refractivity contribution >= 4 is 37.6 Å². The van der Waals surface area contributed by atoms with E-state index < -0.39 is 0 Å². The van der Waals surface area contributed by atoms with Crippen LogP contribution in [0.3, 0.4) is 0 Å². The van der Waals surface area contributed by atoms with Gasteiger partial charge in [-0.3, -0.25) is 4.79 Å². The minimum Gasteiger partial charge on any atom is -0.460 e. The molecule has 0 fully saturated rings. The van der Waals surface area contributed by atoms with Gasteiger partial charge < -0.3 is 8.83 Å². The van der Waals surface area contributed by atoms with Crippen molar-refractivity contribution in [1.29, 1.82) is 0 Å². The maximum Gasteiger partial charge on any atom is 0.203 e. The van der Waals surface area contributed by atoms with Crippen molar-refractivity contribution in [2.24, 2.45) is 0 Å².